The fourth-order valence-corrected chi connectivity index (χ4v) is 0.705. The lowest BCUT2D eigenvalue weighted by Crippen LogP contribution is -1.94. The average molecular weight is 166 g/mol. The molecule has 1 rings (SSSR count). The van der Waals surface area contributed by atoms with Crippen LogP contribution in [0.3, 0.4) is 0 Å². The number of carbonyl (C=O) groups excluding carboxylic acids is 1. The third-order valence-corrected chi connectivity index (χ3v) is 1.34. The minimum absolute atomic E-state index is 0.346. The van der Waals surface area contributed by atoms with E-state index in [2.05, 4.69) is 4.98 Å². The van der Waals surface area contributed by atoms with Gasteiger partial charge in [0.15, 0.2) is 0 Å². The summed E-state index contributed by atoms with van der Waals surface area (Å²) in [6.45, 7) is 0. The number of hydrogen-bond acceptors (Lipinski definition) is 2. The number of ketones is 1. The molecule has 1 heterocycles. The van der Waals surface area contributed by atoms with Crippen LogP contribution in [0.1, 0.15) is 10.4 Å². The molecule has 0 N–H and O–H groups in total. The van der Waals surface area contributed by atoms with Crippen molar-refractivity contribution in [1.29, 1.82) is 0 Å². The van der Waals surface area contributed by atoms with Crippen LogP contribution in [-0.4, -0.2) is 10.8 Å². The number of pyridine rings is 1. The number of rotatable bonds is 1. The van der Waals surface area contributed by atoms with Gasteiger partial charge in [-0.1, -0.05) is 11.6 Å². The van der Waals surface area contributed by atoms with E-state index in [0.29, 0.717) is 10.7 Å². The van der Waals surface area contributed by atoms with Crippen molar-refractivity contribution >= 4 is 17.4 Å². The fourth-order valence-electron chi connectivity index (χ4n) is 0.593. The SMILES string of the molecule is C#CC(=O)c1ccc(Cl)nc1. The van der Waals surface area contributed by atoms with Gasteiger partial charge in [-0.3, -0.25) is 4.79 Å². The predicted molar refractivity (Wildman–Crippen MR) is 42.4 cm³/mol. The number of terminal acetylenes is 1. The Kier molecular flexibility index (Phi) is 2.25. The molecule has 0 unspecified atom stereocenters. The van der Waals surface area contributed by atoms with Gasteiger partial charge >= 0.3 is 0 Å². The van der Waals surface area contributed by atoms with Gasteiger partial charge in [0.25, 0.3) is 0 Å². The molecule has 0 saturated heterocycles. The Balaban J connectivity index is 3.01. The summed E-state index contributed by atoms with van der Waals surface area (Å²) < 4.78 is 0. The van der Waals surface area contributed by atoms with Gasteiger partial charge < -0.3 is 0 Å². The largest absolute Gasteiger partial charge is 0.279 e. The minimum atomic E-state index is -0.380. The third kappa shape index (κ3) is 1.79. The maximum absolute atomic E-state index is 10.8. The quantitative estimate of drug-likeness (QED) is 0.274. The molecule has 3 heteroatoms. The van der Waals surface area contributed by atoms with E-state index in [-0.39, 0.29) is 5.78 Å². The molecule has 0 aliphatic heterocycles. The molecule has 1 aromatic rings. The van der Waals surface area contributed by atoms with E-state index in [1.807, 2.05) is 5.92 Å². The second-order valence-electron chi connectivity index (χ2n) is 1.84. The highest BCUT2D eigenvalue weighted by atomic mass is 35.5. The Morgan fingerprint density at radius 1 is 1.64 bits per heavy atom. The third-order valence-electron chi connectivity index (χ3n) is 1.12. The van der Waals surface area contributed by atoms with Crippen LogP contribution in [0.4, 0.5) is 0 Å². The molecule has 0 spiro atoms. The van der Waals surface area contributed by atoms with Crippen molar-refractivity contribution in [3.8, 4) is 12.3 Å². The number of carbonyl (C=O) groups is 1. The molecule has 54 valence electrons. The van der Waals surface area contributed by atoms with E-state index in [0.717, 1.165) is 0 Å². The van der Waals surface area contributed by atoms with Gasteiger partial charge in [-0.25, -0.2) is 4.98 Å². The van der Waals surface area contributed by atoms with E-state index in [1.54, 1.807) is 0 Å². The van der Waals surface area contributed by atoms with Crippen molar-refractivity contribution in [2.75, 3.05) is 0 Å². The molecule has 0 fully saturated rings. The first-order valence-corrected chi connectivity index (χ1v) is 3.24. The molecule has 0 aromatic carbocycles. The van der Waals surface area contributed by atoms with E-state index in [9.17, 15) is 4.79 Å². The van der Waals surface area contributed by atoms with Crippen molar-refractivity contribution < 1.29 is 4.79 Å². The number of Topliss-reactive ketones (excluding diaryl/α,β-unsaturated/α-hetero) is 1. The molecule has 1 aromatic heterocycles. The predicted octanol–water partition coefficient (Wildman–Crippen LogP) is 1.55. The standard InChI is InChI=1S/C8H4ClNO/c1-2-7(11)6-3-4-8(9)10-5-6/h1,3-5H. The van der Waals surface area contributed by atoms with Crippen molar-refractivity contribution in [1.82, 2.24) is 4.98 Å². The number of hydrogen-bond donors (Lipinski definition) is 0. The maximum atomic E-state index is 10.8. The Hall–Kier alpha value is -1.33. The zero-order valence-electron chi connectivity index (χ0n) is 5.54. The molecule has 0 bridgehead atoms. The van der Waals surface area contributed by atoms with Crippen LogP contribution >= 0.6 is 11.6 Å². The zero-order chi connectivity index (χ0) is 8.27. The van der Waals surface area contributed by atoms with Crippen LogP contribution in [0.25, 0.3) is 0 Å². The topological polar surface area (TPSA) is 30.0 Å². The van der Waals surface area contributed by atoms with Gasteiger partial charge in [-0.05, 0) is 18.1 Å². The molecule has 0 radical (unpaired) electrons. The molecule has 0 amide bonds. The molecule has 11 heavy (non-hydrogen) atoms. The van der Waals surface area contributed by atoms with E-state index in [4.69, 9.17) is 18.0 Å². The van der Waals surface area contributed by atoms with Crippen molar-refractivity contribution in [3.05, 3.63) is 29.0 Å². The van der Waals surface area contributed by atoms with Gasteiger partial charge in [0.05, 0.1) is 0 Å². The lowest BCUT2D eigenvalue weighted by atomic mass is 10.2. The van der Waals surface area contributed by atoms with Crippen molar-refractivity contribution in [2.45, 2.75) is 0 Å². The van der Waals surface area contributed by atoms with Crippen LogP contribution in [0, 0.1) is 12.3 Å². The monoisotopic (exact) mass is 165 g/mol. The number of aromatic nitrogens is 1. The Morgan fingerprint density at radius 2 is 2.36 bits per heavy atom. The highest BCUT2D eigenvalue weighted by Crippen LogP contribution is 2.04. The normalized spacial score (nSPS) is 8.73. The highest BCUT2D eigenvalue weighted by molar-refractivity contribution is 6.29. The van der Waals surface area contributed by atoms with Crippen LogP contribution in [0.15, 0.2) is 18.3 Å². The first kappa shape index (κ1) is 7.77. The molecular formula is C8H4ClNO. The molecule has 0 aliphatic carbocycles. The smallest absolute Gasteiger partial charge is 0.237 e. The second kappa shape index (κ2) is 3.18. The molecule has 2 nitrogen and oxygen atoms in total. The molecular weight excluding hydrogens is 162 g/mol. The Bertz CT molecular complexity index is 310. The van der Waals surface area contributed by atoms with E-state index in [1.165, 1.54) is 18.3 Å². The van der Waals surface area contributed by atoms with Gasteiger partial charge in [-0.15, -0.1) is 6.42 Å². The van der Waals surface area contributed by atoms with Gasteiger partial charge in [0.1, 0.15) is 5.15 Å². The Labute approximate surface area is 69.2 Å². The summed E-state index contributed by atoms with van der Waals surface area (Å²) in [5, 5.41) is 0.346. The number of nitrogens with zero attached hydrogens (tertiary/aromatic N) is 1. The summed E-state index contributed by atoms with van der Waals surface area (Å²) in [5.41, 5.74) is 0.386. The first-order valence-electron chi connectivity index (χ1n) is 2.86. The van der Waals surface area contributed by atoms with Crippen molar-refractivity contribution in [3.63, 3.8) is 0 Å². The molecule has 0 atom stereocenters. The van der Waals surface area contributed by atoms with Crippen LogP contribution < -0.4 is 0 Å². The Morgan fingerprint density at radius 3 is 2.82 bits per heavy atom. The second-order valence-corrected chi connectivity index (χ2v) is 2.23. The maximum Gasteiger partial charge on any atom is 0.237 e. The minimum Gasteiger partial charge on any atom is -0.279 e. The lowest BCUT2D eigenvalue weighted by Gasteiger charge is -1.91. The van der Waals surface area contributed by atoms with Crippen LogP contribution in [-0.2, 0) is 0 Å². The zero-order valence-corrected chi connectivity index (χ0v) is 6.30. The van der Waals surface area contributed by atoms with Gasteiger partial charge in [-0.2, -0.15) is 0 Å². The van der Waals surface area contributed by atoms with E-state index >= 15 is 0 Å². The first-order chi connectivity index (χ1) is 5.24. The number of halogens is 1. The van der Waals surface area contributed by atoms with Crippen LogP contribution in [0.5, 0.6) is 0 Å². The van der Waals surface area contributed by atoms with Gasteiger partial charge in [0, 0.05) is 11.8 Å². The lowest BCUT2D eigenvalue weighted by molar-refractivity contribution is 0.105. The molecule has 0 aliphatic rings. The van der Waals surface area contributed by atoms with Gasteiger partial charge in [0.2, 0.25) is 5.78 Å². The van der Waals surface area contributed by atoms with E-state index < -0.39 is 0 Å². The summed E-state index contributed by atoms with van der Waals surface area (Å²) in [5.74, 6) is 1.60. The van der Waals surface area contributed by atoms with Crippen molar-refractivity contribution in [2.24, 2.45) is 0 Å². The summed E-state index contributed by atoms with van der Waals surface area (Å²) >= 11 is 5.49. The highest BCUT2D eigenvalue weighted by Gasteiger charge is 2.00. The summed E-state index contributed by atoms with van der Waals surface area (Å²) in [6.07, 6.45) is 6.23. The summed E-state index contributed by atoms with van der Waals surface area (Å²) in [6, 6.07) is 3.06. The summed E-state index contributed by atoms with van der Waals surface area (Å²) in [7, 11) is 0. The van der Waals surface area contributed by atoms with Crippen LogP contribution in [0.2, 0.25) is 5.15 Å². The fraction of sp³-hybridized carbons (Fsp3) is 0. The molecule has 0 saturated carbocycles. The summed E-state index contributed by atoms with van der Waals surface area (Å²) in [4.78, 5) is 14.5. The average Bonchev–Trinajstić information content (AvgIpc) is 2.05.